The molecule has 0 N–H and O–H groups in total. The molecule has 7 nitrogen and oxygen atoms in total. The molecule has 0 aromatic heterocycles. The Bertz CT molecular complexity index is 961. The molecule has 2 heterocycles. The van der Waals surface area contributed by atoms with Crippen molar-refractivity contribution >= 4 is 12.3 Å². The lowest BCUT2D eigenvalue weighted by atomic mass is 10.1. The number of carbonyl (C=O) groups excluding carboxylic acids is 2. The van der Waals surface area contributed by atoms with Crippen molar-refractivity contribution in [1.82, 2.24) is 24.5 Å². The zero-order valence-corrected chi connectivity index (χ0v) is 44.5. The molecule has 0 aromatic carbocycles. The quantitative estimate of drug-likeness (QED) is 0.0450. The third kappa shape index (κ3) is 33.3. The number of piperazine rings is 1. The highest BCUT2D eigenvalue weighted by Crippen LogP contribution is 2.29. The zero-order chi connectivity index (χ0) is 46.6. The highest BCUT2D eigenvalue weighted by atomic mass is 16.2. The first-order valence-electron chi connectivity index (χ1n) is 29.1. The predicted molar refractivity (Wildman–Crippen MR) is 282 cm³/mol. The molecule has 7 heteroatoms. The van der Waals surface area contributed by atoms with Gasteiger partial charge >= 0.3 is 0 Å². The lowest BCUT2D eigenvalue weighted by molar-refractivity contribution is -0.136. The van der Waals surface area contributed by atoms with E-state index in [1.54, 1.807) is 0 Å². The number of amides is 2. The number of nitrogens with zero attached hydrogens (tertiary/aromatic N) is 5. The van der Waals surface area contributed by atoms with E-state index in [-0.39, 0.29) is 18.0 Å². The van der Waals surface area contributed by atoms with Crippen molar-refractivity contribution in [3.05, 3.63) is 0 Å². The molecule has 2 saturated heterocycles. The van der Waals surface area contributed by atoms with Crippen molar-refractivity contribution in [2.45, 2.75) is 285 Å². The van der Waals surface area contributed by atoms with Crippen molar-refractivity contribution in [3.63, 3.8) is 0 Å². The first kappa shape index (κ1) is 60.8. The Morgan fingerprint density at radius 1 is 0.391 bits per heavy atom. The van der Waals surface area contributed by atoms with Gasteiger partial charge in [0.05, 0.1) is 18.6 Å². The maximum Gasteiger partial charge on any atom is 0.237 e. The molecule has 2 aliphatic rings. The number of hydrogen-bond donors (Lipinski definition) is 0. The third-order valence-electron chi connectivity index (χ3n) is 14.7. The molecule has 2 atom stereocenters. The second-order valence-electron chi connectivity index (χ2n) is 20.6. The van der Waals surface area contributed by atoms with Gasteiger partial charge in [0.25, 0.3) is 0 Å². The van der Waals surface area contributed by atoms with Crippen LogP contribution in [-0.4, -0.2) is 121 Å². The summed E-state index contributed by atoms with van der Waals surface area (Å²) < 4.78 is 0. The summed E-state index contributed by atoms with van der Waals surface area (Å²) in [5.41, 5.74) is 0. The van der Waals surface area contributed by atoms with Crippen molar-refractivity contribution in [2.75, 3.05) is 72.0 Å². The van der Waals surface area contributed by atoms with Crippen LogP contribution in [0.1, 0.15) is 273 Å². The SMILES string of the molecule is CCCCCCCCCN(CC)CCCCCCCCC.CCCCCCCCCN(CCCCCCCCC)CCN(CCCCCCCCC)CC(=O)N1CC2CC1CN2C=O. The standard InChI is InChI=1S/C37H72N4O2.C20H43N/c1-4-7-10-13-16-19-22-25-38(26-23-20-17-14-11-8-5-2)28-29-39(27-24-21-18-15-12-9-6-3)33-37(43)41-32-35-30-36(41)31-40(35)34-42;1-4-7-9-11-13-15-17-19-21(6-3)20-18-16-14-12-10-8-5-2/h34-36H,4-33H2,1-3H3;4-20H2,1-3H3. The zero-order valence-electron chi connectivity index (χ0n) is 44.5. The van der Waals surface area contributed by atoms with E-state index in [1.807, 2.05) is 4.90 Å². The minimum Gasteiger partial charge on any atom is -0.338 e. The normalized spacial score (nSPS) is 15.9. The van der Waals surface area contributed by atoms with Crippen LogP contribution in [0, 0.1) is 0 Å². The van der Waals surface area contributed by atoms with Crippen molar-refractivity contribution in [3.8, 4) is 0 Å². The van der Waals surface area contributed by atoms with Gasteiger partial charge in [-0.25, -0.2) is 0 Å². The summed E-state index contributed by atoms with van der Waals surface area (Å²) in [6.45, 7) is 25.2. The number of likely N-dealkylation sites (tertiary alicyclic amines) is 2. The molecule has 2 rings (SSSR count). The average Bonchev–Trinajstić information content (AvgIpc) is 3.92. The Morgan fingerprint density at radius 2 is 0.703 bits per heavy atom. The number of carbonyl (C=O) groups is 2. The Balaban J connectivity index is 0.000000819. The molecule has 0 saturated carbocycles. The molecular weight excluding hydrogens is 787 g/mol. The fraction of sp³-hybridized carbons (Fsp3) is 0.965. The molecule has 0 radical (unpaired) electrons. The highest BCUT2D eigenvalue weighted by molar-refractivity contribution is 5.79. The van der Waals surface area contributed by atoms with Crippen LogP contribution in [0.4, 0.5) is 0 Å². The molecule has 380 valence electrons. The minimum atomic E-state index is 0.231. The molecule has 0 aromatic rings. The van der Waals surface area contributed by atoms with Crippen LogP contribution in [0.5, 0.6) is 0 Å². The van der Waals surface area contributed by atoms with Gasteiger partial charge in [0.1, 0.15) is 0 Å². The van der Waals surface area contributed by atoms with Gasteiger partial charge in [-0.15, -0.1) is 0 Å². The van der Waals surface area contributed by atoms with E-state index in [0.29, 0.717) is 6.54 Å². The predicted octanol–water partition coefficient (Wildman–Crippen LogP) is 15.1. The fourth-order valence-electron chi connectivity index (χ4n) is 10.2. The van der Waals surface area contributed by atoms with Gasteiger partial charge in [0, 0.05) is 26.2 Å². The monoisotopic (exact) mass is 902 g/mol. The van der Waals surface area contributed by atoms with E-state index in [4.69, 9.17) is 0 Å². The van der Waals surface area contributed by atoms with Crippen LogP contribution >= 0.6 is 0 Å². The molecule has 0 aliphatic carbocycles. The summed E-state index contributed by atoms with van der Waals surface area (Å²) in [4.78, 5) is 36.7. The summed E-state index contributed by atoms with van der Waals surface area (Å²) in [5.74, 6) is 0.284. The summed E-state index contributed by atoms with van der Waals surface area (Å²) in [5, 5.41) is 0. The van der Waals surface area contributed by atoms with Gasteiger partial charge < -0.3 is 19.6 Å². The number of unbranched alkanes of at least 4 members (excludes halogenated alkanes) is 30. The van der Waals surface area contributed by atoms with E-state index in [0.717, 1.165) is 45.6 Å². The summed E-state index contributed by atoms with van der Waals surface area (Å²) >= 11 is 0. The topological polar surface area (TPSA) is 50.3 Å². The second-order valence-corrected chi connectivity index (χ2v) is 20.6. The lowest BCUT2D eigenvalue weighted by Gasteiger charge is -2.34. The first-order chi connectivity index (χ1) is 31.5. The van der Waals surface area contributed by atoms with Crippen molar-refractivity contribution in [2.24, 2.45) is 0 Å². The van der Waals surface area contributed by atoms with E-state index < -0.39 is 0 Å². The van der Waals surface area contributed by atoms with Crippen LogP contribution in [0.2, 0.25) is 0 Å². The Morgan fingerprint density at radius 3 is 1.02 bits per heavy atom. The molecule has 0 spiro atoms. The van der Waals surface area contributed by atoms with Gasteiger partial charge in [0.2, 0.25) is 12.3 Å². The highest BCUT2D eigenvalue weighted by Gasteiger charge is 2.44. The number of hydrogen-bond acceptors (Lipinski definition) is 5. The summed E-state index contributed by atoms with van der Waals surface area (Å²) in [6, 6.07) is 0.469. The van der Waals surface area contributed by atoms with Crippen LogP contribution in [0.15, 0.2) is 0 Å². The largest absolute Gasteiger partial charge is 0.338 e. The van der Waals surface area contributed by atoms with E-state index in [9.17, 15) is 9.59 Å². The summed E-state index contributed by atoms with van der Waals surface area (Å²) in [7, 11) is 0. The average molecular weight is 903 g/mol. The van der Waals surface area contributed by atoms with Gasteiger partial charge in [-0.2, -0.15) is 0 Å². The van der Waals surface area contributed by atoms with Crippen LogP contribution in [0.25, 0.3) is 0 Å². The summed E-state index contributed by atoms with van der Waals surface area (Å²) in [6.07, 6.45) is 50.2. The van der Waals surface area contributed by atoms with Crippen molar-refractivity contribution in [1.29, 1.82) is 0 Å². The maximum atomic E-state index is 13.5. The molecule has 2 bridgehead atoms. The van der Waals surface area contributed by atoms with Gasteiger partial charge in [-0.05, 0) is 77.8 Å². The Kier molecular flexibility index (Phi) is 43.3. The minimum absolute atomic E-state index is 0.231. The number of rotatable bonds is 47. The van der Waals surface area contributed by atoms with Gasteiger partial charge in [0.15, 0.2) is 0 Å². The third-order valence-corrected chi connectivity index (χ3v) is 14.7. The molecular formula is C57H115N5O2. The van der Waals surface area contributed by atoms with Gasteiger partial charge in [-0.1, -0.05) is 234 Å². The smallest absolute Gasteiger partial charge is 0.237 e. The molecule has 2 fully saturated rings. The van der Waals surface area contributed by atoms with Crippen molar-refractivity contribution < 1.29 is 9.59 Å². The Hall–Kier alpha value is -1.18. The van der Waals surface area contributed by atoms with Gasteiger partial charge in [-0.3, -0.25) is 14.5 Å². The van der Waals surface area contributed by atoms with E-state index in [1.165, 1.54) is 257 Å². The Labute approximate surface area is 401 Å². The molecule has 2 amide bonds. The van der Waals surface area contributed by atoms with E-state index >= 15 is 0 Å². The molecule has 64 heavy (non-hydrogen) atoms. The van der Waals surface area contributed by atoms with E-state index in [2.05, 4.69) is 61.1 Å². The first-order valence-corrected chi connectivity index (χ1v) is 29.1. The molecule has 2 aliphatic heterocycles. The lowest BCUT2D eigenvalue weighted by Crippen LogP contribution is -2.51. The number of fused-ring (bicyclic) bond motifs is 2. The van der Waals surface area contributed by atoms with Crippen LogP contribution < -0.4 is 0 Å². The van der Waals surface area contributed by atoms with Crippen LogP contribution in [-0.2, 0) is 9.59 Å². The molecule has 2 unspecified atom stereocenters. The van der Waals surface area contributed by atoms with Crippen LogP contribution in [0.3, 0.4) is 0 Å². The fourth-order valence-corrected chi connectivity index (χ4v) is 10.2. The maximum absolute atomic E-state index is 13.5. The second kappa shape index (κ2) is 45.6.